The fourth-order valence-corrected chi connectivity index (χ4v) is 3.93. The zero-order valence-corrected chi connectivity index (χ0v) is 16.4. The van der Waals surface area contributed by atoms with Crippen LogP contribution in [0.5, 0.6) is 0 Å². The van der Waals surface area contributed by atoms with E-state index in [1.165, 1.54) is 6.92 Å². The number of piperidine rings is 1. The van der Waals surface area contributed by atoms with Crippen molar-refractivity contribution in [1.29, 1.82) is 0 Å². The molecule has 0 saturated carbocycles. The Morgan fingerprint density at radius 3 is 2.48 bits per heavy atom. The summed E-state index contributed by atoms with van der Waals surface area (Å²) in [7, 11) is 0. The lowest BCUT2D eigenvalue weighted by Crippen LogP contribution is -2.44. The van der Waals surface area contributed by atoms with Crippen LogP contribution in [0.15, 0.2) is 36.4 Å². The minimum absolute atomic E-state index is 0.00596. The number of hydrogen-bond donors (Lipinski definition) is 2. The first-order valence-electron chi connectivity index (χ1n) is 9.65. The highest BCUT2D eigenvalue weighted by atomic mass is 16.4. The molecule has 150 valence electrons. The molecule has 1 saturated heterocycles. The number of rotatable bonds is 4. The van der Waals surface area contributed by atoms with Crippen LogP contribution in [0.4, 0.5) is 5.69 Å². The quantitative estimate of drug-likeness (QED) is 0.707. The van der Waals surface area contributed by atoms with Crippen molar-refractivity contribution >= 4 is 28.6 Å². The average molecular weight is 393 g/mol. The summed E-state index contributed by atoms with van der Waals surface area (Å²) >= 11 is 0. The Morgan fingerprint density at radius 2 is 1.86 bits per heavy atom. The number of nitrogens with zero attached hydrogens (tertiary/aromatic N) is 4. The number of aryl methyl sites for hydroxylation is 1. The number of carboxylic acids is 1. The maximum Gasteiger partial charge on any atom is 0.354 e. The predicted molar refractivity (Wildman–Crippen MR) is 110 cm³/mol. The second kappa shape index (κ2) is 7.54. The highest BCUT2D eigenvalue weighted by Crippen LogP contribution is 2.32. The topological polar surface area (TPSA) is 100 Å². The summed E-state index contributed by atoms with van der Waals surface area (Å²) in [5, 5.41) is 18.1. The molecule has 8 heteroatoms. The molecule has 1 aliphatic heterocycles. The van der Waals surface area contributed by atoms with Gasteiger partial charge in [-0.2, -0.15) is 5.10 Å². The van der Waals surface area contributed by atoms with Gasteiger partial charge in [0.2, 0.25) is 5.91 Å². The molecule has 3 aromatic rings. The molecular formula is C21H23N5O3. The van der Waals surface area contributed by atoms with Crippen LogP contribution in [0.25, 0.3) is 16.7 Å². The number of aromatic nitrogens is 3. The van der Waals surface area contributed by atoms with Gasteiger partial charge in [0.25, 0.3) is 0 Å². The van der Waals surface area contributed by atoms with E-state index in [9.17, 15) is 14.7 Å². The molecule has 1 fully saturated rings. The van der Waals surface area contributed by atoms with E-state index in [4.69, 9.17) is 0 Å². The molecule has 0 radical (unpaired) electrons. The molecule has 8 nitrogen and oxygen atoms in total. The van der Waals surface area contributed by atoms with Crippen molar-refractivity contribution in [2.75, 3.05) is 18.0 Å². The van der Waals surface area contributed by atoms with Crippen LogP contribution in [-0.2, 0) is 4.79 Å². The summed E-state index contributed by atoms with van der Waals surface area (Å²) in [5.74, 6) is -1.09. The van der Waals surface area contributed by atoms with E-state index in [1.807, 2.05) is 37.3 Å². The molecule has 2 N–H and O–H groups in total. The molecule has 0 unspecified atom stereocenters. The van der Waals surface area contributed by atoms with Gasteiger partial charge in [-0.05, 0) is 38.0 Å². The molecule has 4 rings (SSSR count). The maximum atomic E-state index is 11.7. The second-order valence-corrected chi connectivity index (χ2v) is 7.32. The highest BCUT2D eigenvalue weighted by Gasteiger charge is 2.25. The number of nitrogens with one attached hydrogen (secondary N) is 1. The van der Waals surface area contributed by atoms with Crippen molar-refractivity contribution < 1.29 is 14.7 Å². The van der Waals surface area contributed by atoms with Crippen LogP contribution in [0.1, 0.15) is 35.9 Å². The summed E-state index contributed by atoms with van der Waals surface area (Å²) in [5.41, 5.74) is 2.98. The van der Waals surface area contributed by atoms with E-state index >= 15 is 0 Å². The zero-order chi connectivity index (χ0) is 20.5. The van der Waals surface area contributed by atoms with Crippen molar-refractivity contribution in [2.45, 2.75) is 32.7 Å². The fraction of sp³-hybridized carbons (Fsp3) is 0.333. The number of fused-ring (bicyclic) bond motifs is 1. The molecule has 2 aromatic heterocycles. The monoisotopic (exact) mass is 393 g/mol. The smallest absolute Gasteiger partial charge is 0.354 e. The SMILES string of the molecule is CC(=O)NC1CCN(c2cc(C(=O)O)nc3c2c(C)nn3-c2ccccc2)CC1. The molecular weight excluding hydrogens is 370 g/mol. The van der Waals surface area contributed by atoms with Crippen LogP contribution in [0, 0.1) is 6.92 Å². The van der Waals surface area contributed by atoms with Crippen LogP contribution < -0.4 is 10.2 Å². The van der Waals surface area contributed by atoms with E-state index in [2.05, 4.69) is 20.3 Å². The summed E-state index contributed by atoms with van der Waals surface area (Å²) in [6.45, 7) is 4.88. The first kappa shape index (κ1) is 18.9. The first-order valence-corrected chi connectivity index (χ1v) is 9.65. The van der Waals surface area contributed by atoms with Crippen LogP contribution >= 0.6 is 0 Å². The Bertz CT molecular complexity index is 1070. The van der Waals surface area contributed by atoms with Crippen molar-refractivity contribution in [3.63, 3.8) is 0 Å². The van der Waals surface area contributed by atoms with Gasteiger partial charge >= 0.3 is 5.97 Å². The Hall–Kier alpha value is -3.42. The lowest BCUT2D eigenvalue weighted by Gasteiger charge is -2.34. The molecule has 0 spiro atoms. The van der Waals surface area contributed by atoms with E-state index in [1.54, 1.807) is 10.7 Å². The molecule has 0 bridgehead atoms. The number of anilines is 1. The average Bonchev–Trinajstić information content (AvgIpc) is 3.05. The Kier molecular flexibility index (Phi) is 4.92. The van der Waals surface area contributed by atoms with Crippen LogP contribution in [0.3, 0.4) is 0 Å². The maximum absolute atomic E-state index is 11.7. The lowest BCUT2D eigenvalue weighted by atomic mass is 10.0. The minimum Gasteiger partial charge on any atom is -0.477 e. The number of carboxylic acid groups (broad SMARTS) is 1. The van der Waals surface area contributed by atoms with Crippen LogP contribution in [-0.4, -0.2) is 50.9 Å². The Labute approximate surface area is 168 Å². The summed E-state index contributed by atoms with van der Waals surface area (Å²) < 4.78 is 1.70. The third-order valence-corrected chi connectivity index (χ3v) is 5.25. The largest absolute Gasteiger partial charge is 0.477 e. The van der Waals surface area contributed by atoms with Crippen molar-refractivity contribution in [2.24, 2.45) is 0 Å². The number of benzene rings is 1. The number of para-hydroxylation sites is 1. The number of hydrogen-bond acceptors (Lipinski definition) is 5. The van der Waals surface area contributed by atoms with Crippen molar-refractivity contribution in [3.8, 4) is 5.69 Å². The van der Waals surface area contributed by atoms with E-state index < -0.39 is 5.97 Å². The molecule has 29 heavy (non-hydrogen) atoms. The Morgan fingerprint density at radius 1 is 1.17 bits per heavy atom. The molecule has 0 aliphatic carbocycles. The number of carbonyl (C=O) groups excluding carboxylic acids is 1. The lowest BCUT2D eigenvalue weighted by molar-refractivity contribution is -0.119. The van der Waals surface area contributed by atoms with E-state index in [0.29, 0.717) is 5.65 Å². The normalized spacial score (nSPS) is 14.9. The summed E-state index contributed by atoms with van der Waals surface area (Å²) in [6.07, 6.45) is 1.61. The standard InChI is InChI=1S/C21H23N5O3/c1-13-19-18(25-10-8-15(9-11-25)22-14(2)27)12-17(21(28)29)23-20(19)26(24-13)16-6-4-3-5-7-16/h3-7,12,15H,8-11H2,1-2H3,(H,22,27)(H,28,29). The zero-order valence-electron chi connectivity index (χ0n) is 16.4. The van der Waals surface area contributed by atoms with E-state index in [-0.39, 0.29) is 17.6 Å². The van der Waals surface area contributed by atoms with E-state index in [0.717, 1.165) is 48.4 Å². The van der Waals surface area contributed by atoms with Gasteiger partial charge in [0.1, 0.15) is 0 Å². The van der Waals surface area contributed by atoms with Crippen LogP contribution in [0.2, 0.25) is 0 Å². The van der Waals surface area contributed by atoms with Crippen molar-refractivity contribution in [3.05, 3.63) is 47.8 Å². The third-order valence-electron chi connectivity index (χ3n) is 5.25. The number of amides is 1. The van der Waals surface area contributed by atoms with Gasteiger partial charge in [-0.25, -0.2) is 14.5 Å². The second-order valence-electron chi connectivity index (χ2n) is 7.32. The Balaban J connectivity index is 1.79. The van der Waals surface area contributed by atoms with Gasteiger partial charge in [-0.15, -0.1) is 0 Å². The third kappa shape index (κ3) is 3.65. The fourth-order valence-electron chi connectivity index (χ4n) is 3.93. The molecule has 1 aliphatic rings. The number of carbonyl (C=O) groups is 2. The molecule has 3 heterocycles. The summed E-state index contributed by atoms with van der Waals surface area (Å²) in [6, 6.07) is 11.4. The first-order chi connectivity index (χ1) is 13.9. The predicted octanol–water partition coefficient (Wildman–Crippen LogP) is 2.53. The van der Waals surface area contributed by atoms with Gasteiger partial charge < -0.3 is 15.3 Å². The highest BCUT2D eigenvalue weighted by molar-refractivity contribution is 5.98. The molecule has 0 atom stereocenters. The van der Waals surface area contributed by atoms with Crippen molar-refractivity contribution in [1.82, 2.24) is 20.1 Å². The van der Waals surface area contributed by atoms with Gasteiger partial charge in [0.05, 0.1) is 22.5 Å². The number of pyridine rings is 1. The summed E-state index contributed by atoms with van der Waals surface area (Å²) in [4.78, 5) is 29.6. The minimum atomic E-state index is -1.07. The van der Waals surface area contributed by atoms with Gasteiger partial charge in [0, 0.05) is 26.1 Å². The molecule has 1 amide bonds. The number of aromatic carboxylic acids is 1. The van der Waals surface area contributed by atoms with Gasteiger partial charge in [-0.3, -0.25) is 4.79 Å². The molecule has 1 aromatic carbocycles. The van der Waals surface area contributed by atoms with Gasteiger partial charge in [0.15, 0.2) is 11.3 Å². The van der Waals surface area contributed by atoms with Gasteiger partial charge in [-0.1, -0.05) is 18.2 Å².